The van der Waals surface area contributed by atoms with E-state index in [1.807, 2.05) is 24.3 Å². The largest absolute Gasteiger partial charge is 0.497 e. The summed E-state index contributed by atoms with van der Waals surface area (Å²) in [5.41, 5.74) is 2.93. The summed E-state index contributed by atoms with van der Waals surface area (Å²) < 4.78 is 16.0. The molecule has 1 aliphatic heterocycles. The van der Waals surface area contributed by atoms with E-state index in [-0.39, 0.29) is 18.2 Å². The number of hydrogen-bond donors (Lipinski definition) is 1. The number of oxazole rings is 1. The fourth-order valence-corrected chi connectivity index (χ4v) is 3.63. The molecule has 8 heteroatoms. The number of methoxy groups -OCH3 is 2. The van der Waals surface area contributed by atoms with E-state index >= 15 is 0 Å². The van der Waals surface area contributed by atoms with Gasteiger partial charge in [-0.1, -0.05) is 0 Å². The van der Waals surface area contributed by atoms with E-state index in [4.69, 9.17) is 13.9 Å². The Labute approximate surface area is 173 Å². The lowest BCUT2D eigenvalue weighted by Crippen LogP contribution is -2.32. The summed E-state index contributed by atoms with van der Waals surface area (Å²) >= 11 is 0. The quantitative estimate of drug-likeness (QED) is 0.673. The van der Waals surface area contributed by atoms with Crippen molar-refractivity contribution in [3.63, 3.8) is 0 Å². The fourth-order valence-electron chi connectivity index (χ4n) is 3.63. The third-order valence-electron chi connectivity index (χ3n) is 5.16. The van der Waals surface area contributed by atoms with Crippen LogP contribution in [0.1, 0.15) is 17.9 Å². The van der Waals surface area contributed by atoms with Crippen LogP contribution >= 0.6 is 0 Å². The summed E-state index contributed by atoms with van der Waals surface area (Å²) in [6, 6.07) is 10.9. The van der Waals surface area contributed by atoms with Gasteiger partial charge in [-0.2, -0.15) is 0 Å². The monoisotopic (exact) mass is 409 g/mol. The highest BCUT2D eigenvalue weighted by Crippen LogP contribution is 2.29. The SMILES string of the molecule is COc1cc(CNC(=O)[C@H]2CC(=O)N(c3ccc4oc(C)nc4c3)C2)cc(OC)c1. The van der Waals surface area contributed by atoms with Crippen LogP contribution in [0, 0.1) is 12.8 Å². The molecule has 2 aromatic carbocycles. The Morgan fingerprint density at radius 1 is 1.20 bits per heavy atom. The van der Waals surface area contributed by atoms with Crippen molar-refractivity contribution in [1.82, 2.24) is 10.3 Å². The molecule has 2 heterocycles. The van der Waals surface area contributed by atoms with Crippen LogP contribution in [0.5, 0.6) is 11.5 Å². The number of carbonyl (C=O) groups excluding carboxylic acids is 2. The lowest BCUT2D eigenvalue weighted by atomic mass is 10.1. The van der Waals surface area contributed by atoms with E-state index in [0.717, 1.165) is 5.56 Å². The van der Waals surface area contributed by atoms with Gasteiger partial charge in [0.2, 0.25) is 11.8 Å². The highest BCUT2D eigenvalue weighted by Gasteiger charge is 2.35. The number of amides is 2. The van der Waals surface area contributed by atoms with E-state index in [2.05, 4.69) is 10.3 Å². The van der Waals surface area contributed by atoms with E-state index < -0.39 is 5.92 Å². The van der Waals surface area contributed by atoms with E-state index in [1.54, 1.807) is 38.2 Å². The summed E-state index contributed by atoms with van der Waals surface area (Å²) in [7, 11) is 3.15. The van der Waals surface area contributed by atoms with Crippen molar-refractivity contribution in [3.8, 4) is 11.5 Å². The van der Waals surface area contributed by atoms with Crippen molar-refractivity contribution in [2.24, 2.45) is 5.92 Å². The number of anilines is 1. The Bertz CT molecular complexity index is 1090. The average molecular weight is 409 g/mol. The average Bonchev–Trinajstić information content (AvgIpc) is 3.32. The lowest BCUT2D eigenvalue weighted by Gasteiger charge is -2.16. The summed E-state index contributed by atoms with van der Waals surface area (Å²) in [6.45, 7) is 2.43. The smallest absolute Gasteiger partial charge is 0.227 e. The van der Waals surface area contributed by atoms with Gasteiger partial charge in [0, 0.05) is 38.2 Å². The van der Waals surface area contributed by atoms with Crippen LogP contribution in [-0.2, 0) is 16.1 Å². The maximum atomic E-state index is 12.7. The Kier molecular flexibility index (Phi) is 5.31. The van der Waals surface area contributed by atoms with Gasteiger partial charge in [0.25, 0.3) is 0 Å². The second-order valence-electron chi connectivity index (χ2n) is 7.23. The first-order valence-electron chi connectivity index (χ1n) is 9.64. The van der Waals surface area contributed by atoms with Crippen molar-refractivity contribution in [2.75, 3.05) is 25.7 Å². The van der Waals surface area contributed by atoms with Gasteiger partial charge in [0.15, 0.2) is 11.5 Å². The van der Waals surface area contributed by atoms with Crippen molar-refractivity contribution in [2.45, 2.75) is 19.9 Å². The Morgan fingerprint density at radius 2 is 1.93 bits per heavy atom. The molecule has 0 aliphatic carbocycles. The van der Waals surface area contributed by atoms with Gasteiger partial charge >= 0.3 is 0 Å². The molecule has 1 N–H and O–H groups in total. The third kappa shape index (κ3) is 3.94. The zero-order chi connectivity index (χ0) is 21.3. The van der Waals surface area contributed by atoms with Gasteiger partial charge in [-0.3, -0.25) is 9.59 Å². The summed E-state index contributed by atoms with van der Waals surface area (Å²) in [5, 5.41) is 2.91. The minimum Gasteiger partial charge on any atom is -0.497 e. The zero-order valence-corrected chi connectivity index (χ0v) is 17.1. The fraction of sp³-hybridized carbons (Fsp3) is 0.318. The highest BCUT2D eigenvalue weighted by atomic mass is 16.5. The molecule has 30 heavy (non-hydrogen) atoms. The van der Waals surface area contributed by atoms with Gasteiger partial charge in [-0.05, 0) is 35.9 Å². The zero-order valence-electron chi connectivity index (χ0n) is 17.1. The highest BCUT2D eigenvalue weighted by molar-refractivity contribution is 6.01. The molecular formula is C22H23N3O5. The van der Waals surface area contributed by atoms with Crippen LogP contribution in [0.4, 0.5) is 5.69 Å². The minimum atomic E-state index is -0.417. The number of aryl methyl sites for hydroxylation is 1. The van der Waals surface area contributed by atoms with E-state index in [0.29, 0.717) is 47.3 Å². The number of aromatic nitrogens is 1. The molecule has 0 spiro atoms. The molecule has 8 nitrogen and oxygen atoms in total. The van der Waals surface area contributed by atoms with Gasteiger partial charge in [-0.15, -0.1) is 0 Å². The van der Waals surface area contributed by atoms with Gasteiger partial charge in [0.05, 0.1) is 20.1 Å². The van der Waals surface area contributed by atoms with Gasteiger partial charge < -0.3 is 24.1 Å². The number of nitrogens with zero attached hydrogens (tertiary/aromatic N) is 2. The molecule has 0 saturated carbocycles. The maximum Gasteiger partial charge on any atom is 0.227 e. The van der Waals surface area contributed by atoms with Crippen LogP contribution in [-0.4, -0.2) is 37.6 Å². The van der Waals surface area contributed by atoms with Crippen LogP contribution in [0.15, 0.2) is 40.8 Å². The van der Waals surface area contributed by atoms with Crippen LogP contribution in [0.25, 0.3) is 11.1 Å². The van der Waals surface area contributed by atoms with E-state index in [1.165, 1.54) is 0 Å². The Morgan fingerprint density at radius 3 is 2.63 bits per heavy atom. The molecule has 0 unspecified atom stereocenters. The second-order valence-corrected chi connectivity index (χ2v) is 7.23. The molecule has 0 radical (unpaired) electrons. The molecule has 1 aliphatic rings. The number of nitrogens with one attached hydrogen (secondary N) is 1. The summed E-state index contributed by atoms with van der Waals surface area (Å²) in [4.78, 5) is 31.2. The van der Waals surface area contributed by atoms with Crippen LogP contribution in [0.2, 0.25) is 0 Å². The van der Waals surface area contributed by atoms with Crippen molar-refractivity contribution in [1.29, 1.82) is 0 Å². The minimum absolute atomic E-state index is 0.0854. The topological polar surface area (TPSA) is 93.9 Å². The molecular weight excluding hydrogens is 386 g/mol. The third-order valence-corrected chi connectivity index (χ3v) is 5.16. The number of hydrogen-bond acceptors (Lipinski definition) is 6. The van der Waals surface area contributed by atoms with E-state index in [9.17, 15) is 9.59 Å². The molecule has 1 atom stereocenters. The molecule has 156 valence electrons. The van der Waals surface area contributed by atoms with Gasteiger partial charge in [0.1, 0.15) is 17.0 Å². The standard InChI is InChI=1S/C22H23N3O5/c1-13-24-19-9-16(4-5-20(19)30-13)25-12-15(8-21(25)26)22(27)23-11-14-6-17(28-2)10-18(7-14)29-3/h4-7,9-10,15H,8,11-12H2,1-3H3,(H,23,27)/t15-/m0/s1. The summed E-state index contributed by atoms with van der Waals surface area (Å²) in [5.74, 6) is 1.21. The Hall–Kier alpha value is -3.55. The lowest BCUT2D eigenvalue weighted by molar-refractivity contribution is -0.126. The van der Waals surface area contributed by atoms with Gasteiger partial charge in [-0.25, -0.2) is 4.98 Å². The molecule has 3 aromatic rings. The normalized spacial score (nSPS) is 16.2. The first-order valence-corrected chi connectivity index (χ1v) is 9.64. The molecule has 4 rings (SSSR count). The molecule has 2 amide bonds. The number of rotatable bonds is 6. The number of benzene rings is 2. The Balaban J connectivity index is 1.42. The number of carbonyl (C=O) groups is 2. The number of ether oxygens (including phenoxy) is 2. The van der Waals surface area contributed by atoms with Crippen molar-refractivity contribution < 1.29 is 23.5 Å². The van der Waals surface area contributed by atoms with Crippen LogP contribution in [0.3, 0.4) is 0 Å². The molecule has 0 bridgehead atoms. The molecule has 1 saturated heterocycles. The predicted octanol–water partition coefficient (Wildman–Crippen LogP) is 2.82. The summed E-state index contributed by atoms with van der Waals surface area (Å²) in [6.07, 6.45) is 0.170. The number of fused-ring (bicyclic) bond motifs is 1. The predicted molar refractivity (Wildman–Crippen MR) is 111 cm³/mol. The van der Waals surface area contributed by atoms with Crippen LogP contribution < -0.4 is 19.7 Å². The first-order chi connectivity index (χ1) is 14.5. The second kappa shape index (κ2) is 8.06. The molecule has 1 aromatic heterocycles. The molecule has 1 fully saturated rings. The maximum absolute atomic E-state index is 12.7. The first kappa shape index (κ1) is 19.8. The van der Waals surface area contributed by atoms with Crippen molar-refractivity contribution >= 4 is 28.6 Å². The van der Waals surface area contributed by atoms with Crippen molar-refractivity contribution in [3.05, 3.63) is 47.9 Å².